The summed E-state index contributed by atoms with van der Waals surface area (Å²) in [5.41, 5.74) is 2.09. The zero-order valence-electron chi connectivity index (χ0n) is 10.9. The standard InChI is InChI=1S/C14H15NO3S/c1-10-9-19-14(15-10)11-3-5-12(6-4-11)18-8-7-13(16)17-2/h3-6,9H,7-8H2,1-2H3. The van der Waals surface area contributed by atoms with Crippen LogP contribution in [0.3, 0.4) is 0 Å². The van der Waals surface area contributed by atoms with Crippen molar-refractivity contribution in [1.29, 1.82) is 0 Å². The van der Waals surface area contributed by atoms with Crippen LogP contribution in [0, 0.1) is 6.92 Å². The lowest BCUT2D eigenvalue weighted by molar-refractivity contribution is -0.141. The largest absolute Gasteiger partial charge is 0.493 e. The first kappa shape index (κ1) is 13.5. The Balaban J connectivity index is 1.93. The third-order valence-corrected chi connectivity index (χ3v) is 3.53. The number of hydrogen-bond acceptors (Lipinski definition) is 5. The van der Waals surface area contributed by atoms with E-state index in [2.05, 4.69) is 9.72 Å². The van der Waals surface area contributed by atoms with Gasteiger partial charge in [-0.25, -0.2) is 4.98 Å². The predicted molar refractivity (Wildman–Crippen MR) is 74.4 cm³/mol. The molecule has 0 aliphatic carbocycles. The van der Waals surface area contributed by atoms with Gasteiger partial charge in [-0.1, -0.05) is 0 Å². The van der Waals surface area contributed by atoms with Gasteiger partial charge in [0.05, 0.1) is 20.1 Å². The lowest BCUT2D eigenvalue weighted by Crippen LogP contribution is -2.07. The lowest BCUT2D eigenvalue weighted by Gasteiger charge is -2.05. The summed E-state index contributed by atoms with van der Waals surface area (Å²) >= 11 is 1.62. The topological polar surface area (TPSA) is 48.4 Å². The average molecular weight is 277 g/mol. The molecule has 0 aliphatic heterocycles. The van der Waals surface area contributed by atoms with Crippen molar-refractivity contribution in [3.05, 3.63) is 35.3 Å². The summed E-state index contributed by atoms with van der Waals surface area (Å²) in [6, 6.07) is 7.68. The first-order chi connectivity index (χ1) is 9.19. The van der Waals surface area contributed by atoms with Crippen LogP contribution >= 0.6 is 11.3 Å². The number of benzene rings is 1. The molecule has 0 saturated carbocycles. The number of rotatable bonds is 5. The highest BCUT2D eigenvalue weighted by molar-refractivity contribution is 7.13. The van der Waals surface area contributed by atoms with Crippen molar-refractivity contribution in [2.24, 2.45) is 0 Å². The maximum absolute atomic E-state index is 10.9. The van der Waals surface area contributed by atoms with E-state index in [4.69, 9.17) is 4.74 Å². The van der Waals surface area contributed by atoms with E-state index in [9.17, 15) is 4.79 Å². The van der Waals surface area contributed by atoms with Gasteiger partial charge in [-0.15, -0.1) is 11.3 Å². The van der Waals surface area contributed by atoms with Gasteiger partial charge >= 0.3 is 5.97 Å². The number of ether oxygens (including phenoxy) is 2. The van der Waals surface area contributed by atoms with Crippen molar-refractivity contribution < 1.29 is 14.3 Å². The molecule has 4 nitrogen and oxygen atoms in total. The summed E-state index contributed by atoms with van der Waals surface area (Å²) in [5.74, 6) is 0.468. The van der Waals surface area contributed by atoms with Crippen LogP contribution in [-0.2, 0) is 9.53 Å². The van der Waals surface area contributed by atoms with Crippen LogP contribution in [0.5, 0.6) is 5.75 Å². The minimum Gasteiger partial charge on any atom is -0.493 e. The van der Waals surface area contributed by atoms with Gasteiger partial charge < -0.3 is 9.47 Å². The number of esters is 1. The highest BCUT2D eigenvalue weighted by Gasteiger charge is 2.04. The third-order valence-electron chi connectivity index (χ3n) is 2.52. The SMILES string of the molecule is COC(=O)CCOc1ccc(-c2nc(C)cs2)cc1. The second-order valence-corrected chi connectivity index (χ2v) is 4.85. The van der Waals surface area contributed by atoms with Gasteiger partial charge in [0.1, 0.15) is 10.8 Å². The fourth-order valence-electron chi connectivity index (χ4n) is 1.53. The molecule has 2 aromatic rings. The monoisotopic (exact) mass is 277 g/mol. The Morgan fingerprint density at radius 2 is 2.05 bits per heavy atom. The van der Waals surface area contributed by atoms with E-state index >= 15 is 0 Å². The van der Waals surface area contributed by atoms with Crippen molar-refractivity contribution >= 4 is 17.3 Å². The molecular weight excluding hydrogens is 262 g/mol. The number of aryl methyl sites for hydroxylation is 1. The maximum Gasteiger partial charge on any atom is 0.308 e. The van der Waals surface area contributed by atoms with Gasteiger partial charge in [-0.2, -0.15) is 0 Å². The van der Waals surface area contributed by atoms with Gasteiger partial charge in [0.25, 0.3) is 0 Å². The fourth-order valence-corrected chi connectivity index (χ4v) is 2.34. The molecule has 5 heteroatoms. The fraction of sp³-hybridized carbons (Fsp3) is 0.286. The van der Waals surface area contributed by atoms with Crippen molar-refractivity contribution in [1.82, 2.24) is 4.98 Å². The highest BCUT2D eigenvalue weighted by atomic mass is 32.1. The maximum atomic E-state index is 10.9. The molecule has 0 saturated heterocycles. The minimum absolute atomic E-state index is 0.254. The summed E-state index contributed by atoms with van der Waals surface area (Å²) in [4.78, 5) is 15.4. The number of thiazole rings is 1. The van der Waals surface area contributed by atoms with Crippen LogP contribution in [-0.4, -0.2) is 24.7 Å². The summed E-state index contributed by atoms with van der Waals surface area (Å²) in [6.07, 6.45) is 0.254. The molecule has 1 aromatic heterocycles. The van der Waals surface area contributed by atoms with E-state index in [1.54, 1.807) is 11.3 Å². The van der Waals surface area contributed by atoms with Crippen LogP contribution in [0.4, 0.5) is 0 Å². The number of hydrogen-bond donors (Lipinski definition) is 0. The molecule has 0 unspecified atom stereocenters. The lowest BCUT2D eigenvalue weighted by atomic mass is 10.2. The molecule has 1 aromatic carbocycles. The van der Waals surface area contributed by atoms with Gasteiger partial charge in [0.2, 0.25) is 0 Å². The van der Waals surface area contributed by atoms with Crippen LogP contribution in [0.2, 0.25) is 0 Å². The molecule has 0 fully saturated rings. The molecule has 100 valence electrons. The first-order valence-corrected chi connectivity index (χ1v) is 6.79. The summed E-state index contributed by atoms with van der Waals surface area (Å²) in [7, 11) is 1.37. The van der Waals surface area contributed by atoms with Crippen molar-refractivity contribution in [3.8, 4) is 16.3 Å². The quantitative estimate of drug-likeness (QED) is 0.788. The molecule has 0 bridgehead atoms. The first-order valence-electron chi connectivity index (χ1n) is 5.91. The second kappa shape index (κ2) is 6.33. The highest BCUT2D eigenvalue weighted by Crippen LogP contribution is 2.25. The van der Waals surface area contributed by atoms with Crippen molar-refractivity contribution in [2.75, 3.05) is 13.7 Å². The zero-order valence-corrected chi connectivity index (χ0v) is 11.7. The Kier molecular flexibility index (Phi) is 4.52. The van der Waals surface area contributed by atoms with E-state index in [0.717, 1.165) is 22.0 Å². The van der Waals surface area contributed by atoms with E-state index in [-0.39, 0.29) is 12.4 Å². The number of nitrogens with zero attached hydrogens (tertiary/aromatic N) is 1. The molecule has 1 heterocycles. The number of carbonyl (C=O) groups is 1. The molecule has 0 amide bonds. The molecule has 0 spiro atoms. The molecule has 2 rings (SSSR count). The van der Waals surface area contributed by atoms with Crippen molar-refractivity contribution in [2.45, 2.75) is 13.3 Å². The van der Waals surface area contributed by atoms with Crippen LogP contribution in [0.15, 0.2) is 29.6 Å². The number of carbonyl (C=O) groups excluding carboxylic acids is 1. The van der Waals surface area contributed by atoms with Crippen LogP contribution in [0.25, 0.3) is 10.6 Å². The zero-order chi connectivity index (χ0) is 13.7. The second-order valence-electron chi connectivity index (χ2n) is 3.99. The minimum atomic E-state index is -0.269. The van der Waals surface area contributed by atoms with Crippen LogP contribution < -0.4 is 4.74 Å². The Bertz CT molecular complexity index is 548. The van der Waals surface area contributed by atoms with E-state index in [0.29, 0.717) is 6.61 Å². The average Bonchev–Trinajstić information content (AvgIpc) is 2.86. The number of methoxy groups -OCH3 is 1. The molecule has 19 heavy (non-hydrogen) atoms. The van der Waals surface area contributed by atoms with Crippen LogP contribution in [0.1, 0.15) is 12.1 Å². The van der Waals surface area contributed by atoms with E-state index < -0.39 is 0 Å². The van der Waals surface area contributed by atoms with Gasteiger partial charge in [-0.3, -0.25) is 4.79 Å². The predicted octanol–water partition coefficient (Wildman–Crippen LogP) is 3.06. The summed E-state index contributed by atoms with van der Waals surface area (Å²) in [5, 5.41) is 3.02. The smallest absolute Gasteiger partial charge is 0.308 e. The molecule has 0 N–H and O–H groups in total. The summed E-state index contributed by atoms with van der Waals surface area (Å²) < 4.78 is 10.00. The Morgan fingerprint density at radius 1 is 1.32 bits per heavy atom. The summed E-state index contributed by atoms with van der Waals surface area (Å²) in [6.45, 7) is 2.30. The Hall–Kier alpha value is -1.88. The van der Waals surface area contributed by atoms with Gasteiger partial charge in [-0.05, 0) is 31.2 Å². The molecule has 0 radical (unpaired) electrons. The van der Waals surface area contributed by atoms with E-state index in [1.807, 2.05) is 36.6 Å². The van der Waals surface area contributed by atoms with E-state index in [1.165, 1.54) is 7.11 Å². The van der Waals surface area contributed by atoms with Crippen molar-refractivity contribution in [3.63, 3.8) is 0 Å². The number of aromatic nitrogens is 1. The van der Waals surface area contributed by atoms with Gasteiger partial charge in [0.15, 0.2) is 0 Å². The van der Waals surface area contributed by atoms with Gasteiger partial charge in [0, 0.05) is 16.6 Å². The normalized spacial score (nSPS) is 10.2. The molecule has 0 aliphatic rings. The Labute approximate surface area is 116 Å². The molecular formula is C14H15NO3S. The third kappa shape index (κ3) is 3.79. The Morgan fingerprint density at radius 3 is 2.63 bits per heavy atom. The molecule has 0 atom stereocenters.